The molecule has 0 N–H and O–H groups in total. The number of benzene rings is 1. The van der Waals surface area contributed by atoms with E-state index in [0.717, 1.165) is 11.8 Å². The minimum atomic E-state index is 0.247. The number of hydrogen-bond donors (Lipinski definition) is 0. The van der Waals surface area contributed by atoms with E-state index >= 15 is 0 Å². The lowest BCUT2D eigenvalue weighted by molar-refractivity contribution is 0.267. The van der Waals surface area contributed by atoms with Gasteiger partial charge < -0.3 is 0 Å². The van der Waals surface area contributed by atoms with Gasteiger partial charge in [0.15, 0.2) is 0 Å². The Labute approximate surface area is 121 Å². The van der Waals surface area contributed by atoms with Gasteiger partial charge in [-0.1, -0.05) is 81.7 Å². The summed E-state index contributed by atoms with van der Waals surface area (Å²) in [6.07, 6.45) is 1.15. The van der Waals surface area contributed by atoms with E-state index in [2.05, 4.69) is 81.7 Å². The summed E-state index contributed by atoms with van der Waals surface area (Å²) in [6.45, 7) is 13.8. The molecule has 1 rings (SSSR count). The van der Waals surface area contributed by atoms with Gasteiger partial charge in [0, 0.05) is 5.33 Å². The van der Waals surface area contributed by atoms with Crippen molar-refractivity contribution in [2.75, 3.05) is 5.33 Å². The van der Waals surface area contributed by atoms with E-state index in [1.165, 1.54) is 11.1 Å². The van der Waals surface area contributed by atoms with Gasteiger partial charge in [-0.25, -0.2) is 0 Å². The Bertz CT molecular complexity index is 362. The van der Waals surface area contributed by atoms with Crippen molar-refractivity contribution in [2.45, 2.75) is 53.4 Å². The summed E-state index contributed by atoms with van der Waals surface area (Å²) >= 11 is 3.66. The molecular formula is C17H27Br. The lowest BCUT2D eigenvalue weighted by atomic mass is 9.78. The highest BCUT2D eigenvalue weighted by Crippen LogP contribution is 2.31. The third kappa shape index (κ3) is 4.42. The van der Waals surface area contributed by atoms with Crippen molar-refractivity contribution in [1.82, 2.24) is 0 Å². The van der Waals surface area contributed by atoms with Gasteiger partial charge in [0.1, 0.15) is 0 Å². The summed E-state index contributed by atoms with van der Waals surface area (Å²) < 4.78 is 0. The van der Waals surface area contributed by atoms with Gasteiger partial charge in [-0.3, -0.25) is 0 Å². The number of halogens is 1. The second kappa shape index (κ2) is 5.77. The van der Waals surface area contributed by atoms with Gasteiger partial charge in [0.2, 0.25) is 0 Å². The molecule has 0 spiro atoms. The quantitative estimate of drug-likeness (QED) is 0.639. The maximum Gasteiger partial charge on any atom is 0.00678 e. The maximum absolute atomic E-state index is 3.66. The standard InChI is InChI=1S/C17H27Br/c1-16(2,3)14-9-7-13(8-10-14)11-15(12-18)17(4,5)6/h7-10,15H,11-12H2,1-6H3. The van der Waals surface area contributed by atoms with Crippen LogP contribution in [0.25, 0.3) is 0 Å². The third-order valence-corrected chi connectivity index (χ3v) is 4.49. The molecule has 0 bridgehead atoms. The fraction of sp³-hybridized carbons (Fsp3) is 0.647. The van der Waals surface area contributed by atoms with Gasteiger partial charge in [0.25, 0.3) is 0 Å². The Kier molecular flexibility index (Phi) is 5.05. The van der Waals surface area contributed by atoms with Crippen LogP contribution in [0.3, 0.4) is 0 Å². The Morgan fingerprint density at radius 3 is 1.78 bits per heavy atom. The zero-order valence-corrected chi connectivity index (χ0v) is 14.3. The van der Waals surface area contributed by atoms with Crippen LogP contribution in [0.2, 0.25) is 0 Å². The predicted molar refractivity (Wildman–Crippen MR) is 85.6 cm³/mol. The summed E-state index contributed by atoms with van der Waals surface area (Å²) in [5.41, 5.74) is 3.46. The van der Waals surface area contributed by atoms with E-state index in [-0.39, 0.29) is 5.41 Å². The Morgan fingerprint density at radius 1 is 0.944 bits per heavy atom. The molecular weight excluding hydrogens is 284 g/mol. The first-order valence-corrected chi connectivity index (χ1v) is 7.92. The van der Waals surface area contributed by atoms with Crippen molar-refractivity contribution in [2.24, 2.45) is 11.3 Å². The molecule has 0 aliphatic heterocycles. The summed E-state index contributed by atoms with van der Waals surface area (Å²) in [6, 6.07) is 9.15. The molecule has 1 aromatic carbocycles. The van der Waals surface area contributed by atoms with Crippen LogP contribution in [0, 0.1) is 11.3 Å². The zero-order valence-electron chi connectivity index (χ0n) is 12.7. The average Bonchev–Trinajstić information content (AvgIpc) is 2.23. The van der Waals surface area contributed by atoms with Crippen molar-refractivity contribution in [3.8, 4) is 0 Å². The van der Waals surface area contributed by atoms with E-state index < -0.39 is 0 Å². The summed E-state index contributed by atoms with van der Waals surface area (Å²) in [7, 11) is 0. The van der Waals surface area contributed by atoms with Crippen LogP contribution in [-0.2, 0) is 11.8 Å². The van der Waals surface area contributed by atoms with E-state index in [1.807, 2.05) is 0 Å². The van der Waals surface area contributed by atoms with Crippen LogP contribution in [0.1, 0.15) is 52.7 Å². The highest BCUT2D eigenvalue weighted by Gasteiger charge is 2.23. The van der Waals surface area contributed by atoms with Gasteiger partial charge in [0.05, 0.1) is 0 Å². The Hall–Kier alpha value is -0.300. The molecule has 0 heterocycles. The molecule has 0 aliphatic rings. The van der Waals surface area contributed by atoms with E-state index in [4.69, 9.17) is 0 Å². The lowest BCUT2D eigenvalue weighted by Crippen LogP contribution is -2.24. The topological polar surface area (TPSA) is 0 Å². The molecule has 1 unspecified atom stereocenters. The van der Waals surface area contributed by atoms with Gasteiger partial charge in [-0.15, -0.1) is 0 Å². The van der Waals surface area contributed by atoms with Crippen LogP contribution in [0.4, 0.5) is 0 Å². The van der Waals surface area contributed by atoms with Crippen LogP contribution in [0.15, 0.2) is 24.3 Å². The van der Waals surface area contributed by atoms with Crippen LogP contribution >= 0.6 is 15.9 Å². The van der Waals surface area contributed by atoms with Crippen molar-refractivity contribution in [3.05, 3.63) is 35.4 Å². The Morgan fingerprint density at radius 2 is 1.44 bits per heavy atom. The van der Waals surface area contributed by atoms with Crippen LogP contribution in [-0.4, -0.2) is 5.33 Å². The molecule has 1 heteroatoms. The lowest BCUT2D eigenvalue weighted by Gasteiger charge is -2.29. The number of rotatable bonds is 3. The third-order valence-electron chi connectivity index (χ3n) is 3.71. The van der Waals surface area contributed by atoms with Gasteiger partial charge in [-0.2, -0.15) is 0 Å². The normalized spacial score (nSPS) is 14.6. The van der Waals surface area contributed by atoms with Crippen molar-refractivity contribution >= 4 is 15.9 Å². The molecule has 0 saturated heterocycles. The monoisotopic (exact) mass is 310 g/mol. The summed E-state index contributed by atoms with van der Waals surface area (Å²) in [5.74, 6) is 0.679. The fourth-order valence-electron chi connectivity index (χ4n) is 2.02. The minimum Gasteiger partial charge on any atom is -0.0925 e. The van der Waals surface area contributed by atoms with E-state index in [1.54, 1.807) is 0 Å². The minimum absolute atomic E-state index is 0.247. The SMILES string of the molecule is CC(C)(C)c1ccc(CC(CBr)C(C)(C)C)cc1. The molecule has 0 radical (unpaired) electrons. The molecule has 102 valence electrons. The van der Waals surface area contributed by atoms with Crippen LogP contribution < -0.4 is 0 Å². The van der Waals surface area contributed by atoms with Crippen molar-refractivity contribution in [3.63, 3.8) is 0 Å². The largest absolute Gasteiger partial charge is 0.0925 e. The van der Waals surface area contributed by atoms with Gasteiger partial charge in [-0.05, 0) is 34.3 Å². The zero-order chi connectivity index (χ0) is 14.0. The molecule has 0 aliphatic carbocycles. The first-order chi connectivity index (χ1) is 8.14. The molecule has 18 heavy (non-hydrogen) atoms. The first kappa shape index (κ1) is 15.8. The van der Waals surface area contributed by atoms with E-state index in [9.17, 15) is 0 Å². The molecule has 1 atom stereocenters. The first-order valence-electron chi connectivity index (χ1n) is 6.80. The molecule has 0 saturated carbocycles. The number of hydrogen-bond acceptors (Lipinski definition) is 0. The van der Waals surface area contributed by atoms with Crippen molar-refractivity contribution < 1.29 is 0 Å². The van der Waals surface area contributed by atoms with E-state index in [0.29, 0.717) is 11.3 Å². The van der Waals surface area contributed by atoms with Crippen molar-refractivity contribution in [1.29, 1.82) is 0 Å². The van der Waals surface area contributed by atoms with Crippen LogP contribution in [0.5, 0.6) is 0 Å². The molecule has 1 aromatic rings. The highest BCUT2D eigenvalue weighted by molar-refractivity contribution is 9.09. The highest BCUT2D eigenvalue weighted by atomic mass is 79.9. The average molecular weight is 311 g/mol. The Balaban J connectivity index is 2.81. The number of alkyl halides is 1. The maximum atomic E-state index is 3.66. The smallest absolute Gasteiger partial charge is 0.00678 e. The molecule has 0 fully saturated rings. The molecule has 0 amide bonds. The second-order valence-corrected chi connectivity index (χ2v) is 8.02. The molecule has 0 nitrogen and oxygen atoms in total. The fourth-order valence-corrected chi connectivity index (χ4v) is 3.22. The second-order valence-electron chi connectivity index (χ2n) is 7.37. The predicted octanol–water partition coefficient (Wildman–Crippen LogP) is 5.58. The summed E-state index contributed by atoms with van der Waals surface area (Å²) in [4.78, 5) is 0. The van der Waals surface area contributed by atoms with Gasteiger partial charge >= 0.3 is 0 Å². The molecule has 0 aromatic heterocycles. The summed E-state index contributed by atoms with van der Waals surface area (Å²) in [5, 5.41) is 1.07.